The van der Waals surface area contributed by atoms with Gasteiger partial charge in [0.15, 0.2) is 11.3 Å². The highest BCUT2D eigenvalue weighted by atomic mass is 16.4. The SMILES string of the molecule is CC(=O)C(N)(CO)C(=O)O. The lowest BCUT2D eigenvalue weighted by Gasteiger charge is -2.17. The van der Waals surface area contributed by atoms with E-state index in [0.717, 1.165) is 6.92 Å². The van der Waals surface area contributed by atoms with Gasteiger partial charge in [-0.15, -0.1) is 0 Å². The second-order valence-corrected chi connectivity index (χ2v) is 1.99. The van der Waals surface area contributed by atoms with Crippen molar-refractivity contribution in [1.29, 1.82) is 0 Å². The molecule has 4 N–H and O–H groups in total. The number of carboxylic acids is 1. The van der Waals surface area contributed by atoms with Gasteiger partial charge in [0, 0.05) is 0 Å². The van der Waals surface area contributed by atoms with E-state index in [0.29, 0.717) is 0 Å². The van der Waals surface area contributed by atoms with E-state index in [-0.39, 0.29) is 0 Å². The van der Waals surface area contributed by atoms with E-state index < -0.39 is 23.9 Å². The molecule has 0 saturated heterocycles. The molecule has 0 radical (unpaired) electrons. The highest BCUT2D eigenvalue weighted by molar-refractivity contribution is 6.06. The molecular formula is C5H9NO4. The Balaban J connectivity index is 4.55. The predicted octanol–water partition coefficient (Wildman–Crippen LogP) is -1.65. The van der Waals surface area contributed by atoms with E-state index in [1.807, 2.05) is 0 Å². The monoisotopic (exact) mass is 147 g/mol. The summed E-state index contributed by atoms with van der Waals surface area (Å²) in [5, 5.41) is 16.7. The van der Waals surface area contributed by atoms with Gasteiger partial charge in [0.1, 0.15) is 0 Å². The number of ketones is 1. The Bertz CT molecular complexity index is 151. The number of nitrogens with two attached hydrogens (primary N) is 1. The highest BCUT2D eigenvalue weighted by Gasteiger charge is 2.38. The molecule has 0 amide bonds. The van der Waals surface area contributed by atoms with Gasteiger partial charge < -0.3 is 15.9 Å². The molecule has 0 aliphatic rings. The van der Waals surface area contributed by atoms with Gasteiger partial charge in [-0.2, -0.15) is 0 Å². The minimum Gasteiger partial charge on any atom is -0.479 e. The predicted molar refractivity (Wildman–Crippen MR) is 32.3 cm³/mol. The number of aliphatic carboxylic acids is 1. The van der Waals surface area contributed by atoms with Crippen LogP contribution in [-0.4, -0.2) is 34.1 Å². The van der Waals surface area contributed by atoms with E-state index in [2.05, 4.69) is 0 Å². The summed E-state index contributed by atoms with van der Waals surface area (Å²) in [6.45, 7) is 0.141. The third-order valence-corrected chi connectivity index (χ3v) is 1.26. The van der Waals surface area contributed by atoms with Crippen molar-refractivity contribution in [2.45, 2.75) is 12.5 Å². The van der Waals surface area contributed by atoms with E-state index >= 15 is 0 Å². The molecular weight excluding hydrogens is 138 g/mol. The van der Waals surface area contributed by atoms with Crippen LogP contribution in [-0.2, 0) is 9.59 Å². The van der Waals surface area contributed by atoms with Crippen molar-refractivity contribution >= 4 is 11.8 Å². The van der Waals surface area contributed by atoms with Crippen LogP contribution in [0.4, 0.5) is 0 Å². The van der Waals surface area contributed by atoms with Gasteiger partial charge in [-0.3, -0.25) is 4.79 Å². The van der Waals surface area contributed by atoms with Crippen molar-refractivity contribution in [2.75, 3.05) is 6.61 Å². The van der Waals surface area contributed by atoms with Crippen molar-refractivity contribution in [3.05, 3.63) is 0 Å². The Morgan fingerprint density at radius 1 is 1.60 bits per heavy atom. The van der Waals surface area contributed by atoms with Crippen LogP contribution >= 0.6 is 0 Å². The zero-order valence-corrected chi connectivity index (χ0v) is 5.50. The Hall–Kier alpha value is -0.940. The molecule has 10 heavy (non-hydrogen) atoms. The van der Waals surface area contributed by atoms with Gasteiger partial charge in [0.05, 0.1) is 6.61 Å². The molecule has 0 rings (SSSR count). The number of Topliss-reactive ketones (excluding diaryl/α,β-unsaturated/α-hetero) is 1. The number of hydrogen-bond acceptors (Lipinski definition) is 4. The maximum atomic E-state index is 10.5. The summed E-state index contributed by atoms with van der Waals surface area (Å²) in [5.74, 6) is -2.27. The van der Waals surface area contributed by atoms with Crippen LogP contribution in [0.3, 0.4) is 0 Å². The number of carbonyl (C=O) groups is 2. The van der Waals surface area contributed by atoms with Crippen molar-refractivity contribution in [3.63, 3.8) is 0 Å². The molecule has 1 atom stereocenters. The Morgan fingerprint density at radius 3 is 2.00 bits per heavy atom. The lowest BCUT2D eigenvalue weighted by atomic mass is 9.98. The minimum absolute atomic E-state index is 0.762. The topological polar surface area (TPSA) is 101 Å². The third kappa shape index (κ3) is 1.31. The lowest BCUT2D eigenvalue weighted by Crippen LogP contribution is -2.56. The lowest BCUT2D eigenvalue weighted by molar-refractivity contribution is -0.149. The molecule has 0 aromatic heterocycles. The third-order valence-electron chi connectivity index (χ3n) is 1.26. The van der Waals surface area contributed by atoms with Crippen LogP contribution in [0.1, 0.15) is 6.92 Å². The van der Waals surface area contributed by atoms with Crippen molar-refractivity contribution in [2.24, 2.45) is 5.73 Å². The molecule has 0 saturated carbocycles. The highest BCUT2D eigenvalue weighted by Crippen LogP contribution is 2.00. The van der Waals surface area contributed by atoms with Gasteiger partial charge in [0.25, 0.3) is 0 Å². The summed E-state index contributed by atoms with van der Waals surface area (Å²) in [4.78, 5) is 20.7. The first-order chi connectivity index (χ1) is 4.45. The molecule has 0 aliphatic heterocycles. The van der Waals surface area contributed by atoms with Crippen LogP contribution in [0, 0.1) is 0 Å². The molecule has 0 aromatic rings. The molecule has 5 heteroatoms. The van der Waals surface area contributed by atoms with Crippen LogP contribution in [0.5, 0.6) is 0 Å². The molecule has 58 valence electrons. The van der Waals surface area contributed by atoms with Crippen molar-refractivity contribution in [3.8, 4) is 0 Å². The summed E-state index contributed by atoms with van der Waals surface area (Å²) in [7, 11) is 0. The van der Waals surface area contributed by atoms with Crippen molar-refractivity contribution in [1.82, 2.24) is 0 Å². The second-order valence-electron chi connectivity index (χ2n) is 1.99. The molecule has 0 heterocycles. The molecule has 0 fully saturated rings. The Morgan fingerprint density at radius 2 is 2.00 bits per heavy atom. The smallest absolute Gasteiger partial charge is 0.333 e. The van der Waals surface area contributed by atoms with E-state index in [9.17, 15) is 9.59 Å². The van der Waals surface area contributed by atoms with Crippen molar-refractivity contribution < 1.29 is 19.8 Å². The first-order valence-corrected chi connectivity index (χ1v) is 2.59. The van der Waals surface area contributed by atoms with Gasteiger partial charge in [-0.05, 0) is 6.92 Å². The fraction of sp³-hybridized carbons (Fsp3) is 0.600. The number of carbonyl (C=O) groups excluding carboxylic acids is 1. The number of aliphatic hydroxyl groups is 1. The van der Waals surface area contributed by atoms with Crippen LogP contribution in [0.2, 0.25) is 0 Å². The molecule has 0 bridgehead atoms. The number of rotatable bonds is 3. The van der Waals surface area contributed by atoms with E-state index in [1.165, 1.54) is 0 Å². The van der Waals surface area contributed by atoms with E-state index in [1.54, 1.807) is 0 Å². The average Bonchev–Trinajstić information content (AvgIpc) is 1.85. The summed E-state index contributed by atoms with van der Waals surface area (Å²) < 4.78 is 0. The minimum atomic E-state index is -2.12. The molecule has 1 unspecified atom stereocenters. The van der Waals surface area contributed by atoms with Crippen LogP contribution in [0.25, 0.3) is 0 Å². The van der Waals surface area contributed by atoms with Gasteiger partial charge >= 0.3 is 5.97 Å². The average molecular weight is 147 g/mol. The quantitative estimate of drug-likeness (QED) is 0.415. The largest absolute Gasteiger partial charge is 0.479 e. The summed E-state index contributed by atoms with van der Waals surface area (Å²) in [6.07, 6.45) is 0. The maximum absolute atomic E-state index is 10.5. The molecule has 0 spiro atoms. The maximum Gasteiger partial charge on any atom is 0.333 e. The molecule has 5 nitrogen and oxygen atoms in total. The molecule has 0 aromatic carbocycles. The summed E-state index contributed by atoms with van der Waals surface area (Å²) >= 11 is 0. The first-order valence-electron chi connectivity index (χ1n) is 2.59. The second kappa shape index (κ2) is 2.76. The number of aliphatic hydroxyl groups excluding tert-OH is 1. The Kier molecular flexibility index (Phi) is 2.50. The van der Waals surface area contributed by atoms with Gasteiger partial charge in [-0.1, -0.05) is 0 Å². The van der Waals surface area contributed by atoms with E-state index in [4.69, 9.17) is 15.9 Å². The van der Waals surface area contributed by atoms with Crippen LogP contribution < -0.4 is 5.73 Å². The number of hydrogen-bond donors (Lipinski definition) is 3. The normalized spacial score (nSPS) is 15.9. The van der Waals surface area contributed by atoms with Gasteiger partial charge in [0.2, 0.25) is 0 Å². The fourth-order valence-electron chi connectivity index (χ4n) is 0.330. The van der Waals surface area contributed by atoms with Crippen LogP contribution in [0.15, 0.2) is 0 Å². The summed E-state index contributed by atoms with van der Waals surface area (Å²) in [5.41, 5.74) is 2.86. The number of carboxylic acid groups (broad SMARTS) is 1. The van der Waals surface area contributed by atoms with Gasteiger partial charge in [-0.25, -0.2) is 4.79 Å². The summed E-state index contributed by atoms with van der Waals surface area (Å²) in [6, 6.07) is 0. The zero-order chi connectivity index (χ0) is 8.36. The standard InChI is InChI=1S/C5H9NO4/c1-3(8)5(6,2-7)4(9)10/h7H,2,6H2,1H3,(H,9,10). The molecule has 0 aliphatic carbocycles. The zero-order valence-electron chi connectivity index (χ0n) is 5.50. The first kappa shape index (κ1) is 9.06. The fourth-order valence-corrected chi connectivity index (χ4v) is 0.330. The Labute approximate surface area is 57.5 Å².